The molecule has 1 aromatic carbocycles. The lowest BCUT2D eigenvalue weighted by Crippen LogP contribution is -2.39. The zero-order valence-corrected chi connectivity index (χ0v) is 13.5. The van der Waals surface area contributed by atoms with E-state index in [2.05, 4.69) is 15.6 Å². The van der Waals surface area contributed by atoms with Gasteiger partial charge in [0.2, 0.25) is 0 Å². The smallest absolute Gasteiger partial charge is 0.313 e. The van der Waals surface area contributed by atoms with Gasteiger partial charge in [0, 0.05) is 11.9 Å². The van der Waals surface area contributed by atoms with Crippen molar-refractivity contribution in [3.8, 4) is 6.07 Å². The molecule has 0 aliphatic carbocycles. The summed E-state index contributed by atoms with van der Waals surface area (Å²) in [5.74, 6) is -1.42. The summed E-state index contributed by atoms with van der Waals surface area (Å²) < 4.78 is 0. The number of rotatable bonds is 4. The molecule has 0 unspecified atom stereocenters. The van der Waals surface area contributed by atoms with Gasteiger partial charge >= 0.3 is 11.8 Å². The van der Waals surface area contributed by atoms with Crippen molar-refractivity contribution in [3.63, 3.8) is 0 Å². The molecule has 1 aromatic heterocycles. The zero-order valence-electron chi connectivity index (χ0n) is 13.5. The molecule has 122 valence electrons. The maximum atomic E-state index is 12.2. The number of hydrogen-bond acceptors (Lipinski definition) is 4. The van der Waals surface area contributed by atoms with Crippen LogP contribution in [0.1, 0.15) is 31.1 Å². The first-order valence-electron chi connectivity index (χ1n) is 7.54. The van der Waals surface area contributed by atoms with E-state index in [0.29, 0.717) is 16.9 Å². The van der Waals surface area contributed by atoms with Crippen LogP contribution in [0.2, 0.25) is 0 Å². The normalized spacial score (nSPS) is 11.4. The molecule has 6 heteroatoms. The summed E-state index contributed by atoms with van der Waals surface area (Å²) in [7, 11) is 0. The lowest BCUT2D eigenvalue weighted by Gasteiger charge is -2.21. The summed E-state index contributed by atoms with van der Waals surface area (Å²) in [6.07, 6.45) is 1.65. The number of aromatic nitrogens is 1. The van der Waals surface area contributed by atoms with Gasteiger partial charge in [-0.3, -0.25) is 14.6 Å². The van der Waals surface area contributed by atoms with Gasteiger partial charge in [0.15, 0.2) is 0 Å². The zero-order chi connectivity index (χ0) is 17.5. The van der Waals surface area contributed by atoms with Crippen molar-refractivity contribution in [2.24, 2.45) is 5.92 Å². The largest absolute Gasteiger partial charge is 0.339 e. The van der Waals surface area contributed by atoms with Gasteiger partial charge in [-0.25, -0.2) is 0 Å². The Hall–Kier alpha value is -3.20. The van der Waals surface area contributed by atoms with Gasteiger partial charge in [0.05, 0.1) is 23.4 Å². The Morgan fingerprint density at radius 1 is 1.08 bits per heavy atom. The second kappa shape index (κ2) is 7.88. The van der Waals surface area contributed by atoms with E-state index in [-0.39, 0.29) is 12.0 Å². The Morgan fingerprint density at radius 2 is 1.79 bits per heavy atom. The summed E-state index contributed by atoms with van der Waals surface area (Å²) >= 11 is 0. The molecule has 0 fully saturated rings. The number of hydrogen-bond donors (Lipinski definition) is 2. The molecule has 1 atom stereocenters. The molecule has 2 rings (SSSR count). The second-order valence-corrected chi connectivity index (χ2v) is 5.59. The molecule has 0 bridgehead atoms. The molecule has 2 amide bonds. The summed E-state index contributed by atoms with van der Waals surface area (Å²) in [5, 5.41) is 14.0. The Balaban J connectivity index is 2.04. The first kappa shape index (κ1) is 17.2. The first-order chi connectivity index (χ1) is 11.5. The highest BCUT2D eigenvalue weighted by atomic mass is 16.2. The SMILES string of the molecule is CC(C)[C@@H](NC(=O)C(=O)Nc1ccc(C#N)cc1)c1ccccn1. The number of benzene rings is 1. The van der Waals surface area contributed by atoms with Crippen LogP contribution >= 0.6 is 0 Å². The van der Waals surface area contributed by atoms with Crippen molar-refractivity contribution in [1.29, 1.82) is 5.26 Å². The number of nitriles is 1. The first-order valence-corrected chi connectivity index (χ1v) is 7.54. The molecule has 0 radical (unpaired) electrons. The lowest BCUT2D eigenvalue weighted by molar-refractivity contribution is -0.136. The number of nitrogens with one attached hydrogen (secondary N) is 2. The summed E-state index contributed by atoms with van der Waals surface area (Å²) in [6, 6.07) is 13.3. The van der Waals surface area contributed by atoms with E-state index in [9.17, 15) is 9.59 Å². The quantitative estimate of drug-likeness (QED) is 0.845. The minimum Gasteiger partial charge on any atom is -0.339 e. The Kier molecular flexibility index (Phi) is 5.63. The predicted octanol–water partition coefficient (Wildman–Crippen LogP) is 2.41. The fourth-order valence-electron chi connectivity index (χ4n) is 2.16. The van der Waals surface area contributed by atoms with Crippen LogP contribution in [0.4, 0.5) is 5.69 Å². The van der Waals surface area contributed by atoms with E-state index < -0.39 is 11.8 Å². The standard InChI is InChI=1S/C18H18N4O2/c1-12(2)16(15-5-3-4-10-20-15)22-18(24)17(23)21-14-8-6-13(11-19)7-9-14/h3-10,12,16H,1-2H3,(H,21,23)(H,22,24)/t16-/m1/s1. The van der Waals surface area contributed by atoms with Crippen molar-refractivity contribution in [3.05, 3.63) is 59.9 Å². The number of carbonyl (C=O) groups excluding carboxylic acids is 2. The third kappa shape index (κ3) is 4.40. The van der Waals surface area contributed by atoms with Crippen LogP contribution in [0.3, 0.4) is 0 Å². The molecule has 1 heterocycles. The Morgan fingerprint density at radius 3 is 2.33 bits per heavy atom. The van der Waals surface area contributed by atoms with Gasteiger partial charge in [-0.05, 0) is 42.3 Å². The molecule has 0 aliphatic rings. The second-order valence-electron chi connectivity index (χ2n) is 5.59. The van der Waals surface area contributed by atoms with Gasteiger partial charge in [0.1, 0.15) is 0 Å². The van der Waals surface area contributed by atoms with Gasteiger partial charge < -0.3 is 10.6 Å². The van der Waals surface area contributed by atoms with E-state index in [1.807, 2.05) is 32.0 Å². The number of pyridine rings is 1. The molecule has 24 heavy (non-hydrogen) atoms. The predicted molar refractivity (Wildman–Crippen MR) is 89.7 cm³/mol. The molecular weight excluding hydrogens is 304 g/mol. The average molecular weight is 322 g/mol. The van der Waals surface area contributed by atoms with Gasteiger partial charge in [-0.15, -0.1) is 0 Å². The van der Waals surface area contributed by atoms with Gasteiger partial charge in [-0.2, -0.15) is 5.26 Å². The highest BCUT2D eigenvalue weighted by Gasteiger charge is 2.23. The number of anilines is 1. The number of amides is 2. The molecule has 2 aromatic rings. The van der Waals surface area contributed by atoms with E-state index in [1.165, 1.54) is 0 Å². The molecule has 0 saturated heterocycles. The highest BCUT2D eigenvalue weighted by Crippen LogP contribution is 2.19. The monoisotopic (exact) mass is 322 g/mol. The van der Waals surface area contributed by atoms with Crippen molar-refractivity contribution in [2.45, 2.75) is 19.9 Å². The maximum absolute atomic E-state index is 12.2. The van der Waals surface area contributed by atoms with Crippen LogP contribution in [0.15, 0.2) is 48.7 Å². The van der Waals surface area contributed by atoms with E-state index >= 15 is 0 Å². The molecule has 6 nitrogen and oxygen atoms in total. The topological polar surface area (TPSA) is 94.9 Å². The van der Waals surface area contributed by atoms with E-state index in [4.69, 9.17) is 5.26 Å². The van der Waals surface area contributed by atoms with Crippen LogP contribution in [-0.2, 0) is 9.59 Å². The summed E-state index contributed by atoms with van der Waals surface area (Å²) in [4.78, 5) is 28.4. The van der Waals surface area contributed by atoms with Crippen LogP contribution < -0.4 is 10.6 Å². The molecule has 0 spiro atoms. The molecule has 2 N–H and O–H groups in total. The average Bonchev–Trinajstić information content (AvgIpc) is 2.60. The molecule has 0 saturated carbocycles. The Bertz CT molecular complexity index is 749. The van der Waals surface area contributed by atoms with Gasteiger partial charge in [-0.1, -0.05) is 19.9 Å². The fourth-order valence-corrected chi connectivity index (χ4v) is 2.16. The summed E-state index contributed by atoms with van der Waals surface area (Å²) in [5.41, 5.74) is 1.63. The minimum absolute atomic E-state index is 0.0755. The lowest BCUT2D eigenvalue weighted by atomic mass is 10.0. The minimum atomic E-state index is -0.763. The third-order valence-corrected chi connectivity index (χ3v) is 3.44. The maximum Gasteiger partial charge on any atom is 0.313 e. The van der Waals surface area contributed by atoms with E-state index in [1.54, 1.807) is 36.5 Å². The third-order valence-electron chi connectivity index (χ3n) is 3.44. The fraction of sp³-hybridized carbons (Fsp3) is 0.222. The Labute approximate surface area is 140 Å². The van der Waals surface area contributed by atoms with Crippen molar-refractivity contribution in [1.82, 2.24) is 10.3 Å². The van der Waals surface area contributed by atoms with Crippen molar-refractivity contribution < 1.29 is 9.59 Å². The summed E-state index contributed by atoms with van der Waals surface area (Å²) in [6.45, 7) is 3.89. The van der Waals surface area contributed by atoms with Crippen LogP contribution in [-0.4, -0.2) is 16.8 Å². The van der Waals surface area contributed by atoms with Crippen molar-refractivity contribution in [2.75, 3.05) is 5.32 Å². The highest BCUT2D eigenvalue weighted by molar-refractivity contribution is 6.39. The van der Waals surface area contributed by atoms with Crippen LogP contribution in [0, 0.1) is 17.2 Å². The number of nitrogens with zero attached hydrogens (tertiary/aromatic N) is 2. The van der Waals surface area contributed by atoms with Crippen molar-refractivity contribution >= 4 is 17.5 Å². The van der Waals surface area contributed by atoms with Crippen LogP contribution in [0.25, 0.3) is 0 Å². The molecule has 0 aliphatic heterocycles. The number of carbonyl (C=O) groups is 2. The van der Waals surface area contributed by atoms with Crippen LogP contribution in [0.5, 0.6) is 0 Å². The van der Waals surface area contributed by atoms with E-state index in [0.717, 1.165) is 0 Å². The van der Waals surface area contributed by atoms with Gasteiger partial charge in [0.25, 0.3) is 0 Å². The molecular formula is C18H18N4O2.